The first-order chi connectivity index (χ1) is 19.0. The predicted molar refractivity (Wildman–Crippen MR) is 142 cm³/mol. The van der Waals surface area contributed by atoms with Crippen LogP contribution in [0.1, 0.15) is 61.5 Å². The summed E-state index contributed by atoms with van der Waals surface area (Å²) in [6, 6.07) is 10.8. The molecule has 0 bridgehead atoms. The Morgan fingerprint density at radius 2 is 1.98 bits per heavy atom. The third-order valence-electron chi connectivity index (χ3n) is 8.80. The van der Waals surface area contributed by atoms with E-state index in [1.54, 1.807) is 18.5 Å². The Bertz CT molecular complexity index is 1680. The largest absolute Gasteiger partial charge is 0.418 e. The molecule has 4 aromatic rings. The van der Waals surface area contributed by atoms with Gasteiger partial charge < -0.3 is 9.88 Å². The minimum atomic E-state index is -4.62. The van der Waals surface area contributed by atoms with Crippen LogP contribution in [0.5, 0.6) is 0 Å². The van der Waals surface area contributed by atoms with Gasteiger partial charge in [-0.15, -0.1) is 10.2 Å². The van der Waals surface area contributed by atoms with Gasteiger partial charge in [-0.2, -0.15) is 18.4 Å². The minimum Gasteiger partial charge on any atom is -0.321 e. The number of hydrogen-bond acceptors (Lipinski definition) is 5. The summed E-state index contributed by atoms with van der Waals surface area (Å²) < 4.78 is 46.7. The van der Waals surface area contributed by atoms with Crippen molar-refractivity contribution in [2.45, 2.75) is 69.1 Å². The molecule has 2 saturated carbocycles. The van der Waals surface area contributed by atoms with Crippen LogP contribution in [-0.2, 0) is 31.6 Å². The third-order valence-corrected chi connectivity index (χ3v) is 8.80. The van der Waals surface area contributed by atoms with Crippen LogP contribution in [-0.4, -0.2) is 29.3 Å². The smallest absolute Gasteiger partial charge is 0.321 e. The molecule has 0 aliphatic heterocycles. The topological polar surface area (TPSA) is 92.9 Å². The van der Waals surface area contributed by atoms with Crippen molar-refractivity contribution >= 4 is 5.52 Å². The first-order valence-electron chi connectivity index (χ1n) is 13.4. The Morgan fingerprint density at radius 3 is 2.60 bits per heavy atom. The number of fused-ring (bicyclic) bond motifs is 1. The summed E-state index contributed by atoms with van der Waals surface area (Å²) >= 11 is 0. The molecule has 208 valence electrons. The summed E-state index contributed by atoms with van der Waals surface area (Å²) in [7, 11) is 1.86. The maximum atomic E-state index is 14.2. The quantitative estimate of drug-likeness (QED) is 0.361. The number of aryl methyl sites for hydroxylation is 1. The van der Waals surface area contributed by atoms with Crippen LogP contribution in [0.3, 0.4) is 0 Å². The minimum absolute atomic E-state index is 0.0856. The number of nitrogens with one attached hydrogen (secondary N) is 1. The molecule has 0 radical (unpaired) electrons. The number of aromatic nitrogens is 5. The lowest BCUT2D eigenvalue weighted by molar-refractivity contribution is -0.136. The van der Waals surface area contributed by atoms with Crippen molar-refractivity contribution in [3.8, 4) is 11.8 Å². The van der Waals surface area contributed by atoms with Gasteiger partial charge in [-0.05, 0) is 68.4 Å². The molecule has 8 nitrogen and oxygen atoms in total. The maximum absolute atomic E-state index is 14.2. The molecular formula is C29H30F3N7O. The Morgan fingerprint density at radius 1 is 1.20 bits per heavy atom. The second-order valence-electron chi connectivity index (χ2n) is 11.7. The molecule has 2 aliphatic carbocycles. The molecule has 0 spiro atoms. The number of imidazole rings is 1. The summed E-state index contributed by atoms with van der Waals surface area (Å²) in [5.74, 6) is 0.681. The number of pyridine rings is 1. The molecule has 6 rings (SSSR count). The zero-order valence-electron chi connectivity index (χ0n) is 22.4. The van der Waals surface area contributed by atoms with Crippen molar-refractivity contribution < 1.29 is 13.2 Å². The van der Waals surface area contributed by atoms with Crippen molar-refractivity contribution in [1.82, 2.24) is 29.0 Å². The van der Waals surface area contributed by atoms with E-state index in [1.165, 1.54) is 17.0 Å². The molecule has 0 saturated heterocycles. The number of benzene rings is 1. The number of hydrogen-bond donors (Lipinski definition) is 1. The predicted octanol–water partition coefficient (Wildman–Crippen LogP) is 4.68. The van der Waals surface area contributed by atoms with Gasteiger partial charge in [0.1, 0.15) is 12.2 Å². The zero-order valence-corrected chi connectivity index (χ0v) is 22.4. The van der Waals surface area contributed by atoms with Crippen molar-refractivity contribution in [2.75, 3.05) is 0 Å². The van der Waals surface area contributed by atoms with Gasteiger partial charge in [-0.3, -0.25) is 8.97 Å². The van der Waals surface area contributed by atoms with Gasteiger partial charge in [0, 0.05) is 49.3 Å². The fourth-order valence-corrected chi connectivity index (χ4v) is 6.17. The van der Waals surface area contributed by atoms with Gasteiger partial charge in [0.05, 0.1) is 22.8 Å². The van der Waals surface area contributed by atoms with Gasteiger partial charge in [0.15, 0.2) is 0 Å². The van der Waals surface area contributed by atoms with Gasteiger partial charge in [0.25, 0.3) is 0 Å². The van der Waals surface area contributed by atoms with Gasteiger partial charge in [-0.1, -0.05) is 12.1 Å². The molecule has 11 heteroatoms. The lowest BCUT2D eigenvalue weighted by atomic mass is 9.57. The number of halogens is 3. The van der Waals surface area contributed by atoms with Crippen molar-refractivity contribution in [3.05, 3.63) is 82.1 Å². The van der Waals surface area contributed by atoms with E-state index < -0.39 is 17.4 Å². The summed E-state index contributed by atoms with van der Waals surface area (Å²) in [5.41, 5.74) is -0.280. The molecule has 1 N–H and O–H groups in total. The summed E-state index contributed by atoms with van der Waals surface area (Å²) in [6.45, 7) is 2.31. The second-order valence-corrected chi connectivity index (χ2v) is 11.7. The van der Waals surface area contributed by atoms with Crippen LogP contribution >= 0.6 is 0 Å². The van der Waals surface area contributed by atoms with E-state index in [0.29, 0.717) is 30.5 Å². The lowest BCUT2D eigenvalue weighted by Gasteiger charge is -2.45. The molecule has 3 heterocycles. The Kier molecular flexibility index (Phi) is 6.14. The number of rotatable bonds is 7. The summed E-state index contributed by atoms with van der Waals surface area (Å²) in [6.07, 6.45) is 4.62. The molecule has 0 atom stereocenters. The number of nitriles is 1. The van der Waals surface area contributed by atoms with Gasteiger partial charge in [-0.25, -0.2) is 4.79 Å². The summed E-state index contributed by atoms with van der Waals surface area (Å²) in [5, 5.41) is 21.0. The van der Waals surface area contributed by atoms with E-state index in [0.717, 1.165) is 41.1 Å². The molecule has 0 amide bonds. The van der Waals surface area contributed by atoms with Crippen LogP contribution in [0, 0.1) is 17.2 Å². The van der Waals surface area contributed by atoms with Crippen molar-refractivity contribution in [1.29, 1.82) is 5.26 Å². The van der Waals surface area contributed by atoms with E-state index in [9.17, 15) is 23.2 Å². The fraction of sp³-hybridized carbons (Fsp3) is 0.448. The average Bonchev–Trinajstić information content (AvgIpc) is 3.44. The van der Waals surface area contributed by atoms with E-state index in [-0.39, 0.29) is 28.9 Å². The summed E-state index contributed by atoms with van der Waals surface area (Å²) in [4.78, 5) is 13.5. The zero-order chi connectivity index (χ0) is 28.3. The molecular weight excluding hydrogens is 519 g/mol. The van der Waals surface area contributed by atoms with E-state index in [2.05, 4.69) is 28.5 Å². The highest BCUT2D eigenvalue weighted by Gasteiger charge is 2.46. The van der Waals surface area contributed by atoms with Crippen molar-refractivity contribution in [3.63, 3.8) is 0 Å². The standard InChI is InChI=1S/C29H30F3N7O/c1-27(7-4-8-27)34-15-19-9-23(29(30,31)32)24-17-38(26(40)39(24)16-19)22-6-3-5-21(10-22)28(11-20(12-28)14-33)13-25-36-35-18-37(25)2/h3,5-6,9-10,16-18,20,34H,4,7-8,11-13,15H2,1-2H3/t20-,28-. The molecule has 1 aromatic carbocycles. The van der Waals surface area contributed by atoms with Gasteiger partial charge in [0.2, 0.25) is 0 Å². The first-order valence-corrected chi connectivity index (χ1v) is 13.4. The highest BCUT2D eigenvalue weighted by atomic mass is 19.4. The van der Waals surface area contributed by atoms with Gasteiger partial charge >= 0.3 is 11.9 Å². The molecule has 40 heavy (non-hydrogen) atoms. The van der Waals surface area contributed by atoms with Crippen LogP contribution in [0.25, 0.3) is 11.2 Å². The normalized spacial score (nSPS) is 22.1. The maximum Gasteiger partial charge on any atom is 0.418 e. The monoisotopic (exact) mass is 549 g/mol. The highest BCUT2D eigenvalue weighted by Crippen LogP contribution is 2.50. The van der Waals surface area contributed by atoms with Crippen LogP contribution in [0.4, 0.5) is 13.2 Å². The second kappa shape index (κ2) is 9.34. The lowest BCUT2D eigenvalue weighted by Crippen LogP contribution is -2.47. The molecule has 0 unspecified atom stereocenters. The molecule has 2 aliphatic rings. The first kappa shape index (κ1) is 26.3. The van der Waals surface area contributed by atoms with Crippen LogP contribution in [0.15, 0.2) is 53.8 Å². The Hall–Kier alpha value is -3.91. The molecule has 2 fully saturated rings. The Labute approximate surface area is 229 Å². The number of alkyl halides is 3. The Balaban J connectivity index is 1.40. The van der Waals surface area contributed by atoms with E-state index in [4.69, 9.17) is 0 Å². The van der Waals surface area contributed by atoms with E-state index >= 15 is 0 Å². The fourth-order valence-electron chi connectivity index (χ4n) is 6.17. The van der Waals surface area contributed by atoms with Crippen LogP contribution < -0.4 is 11.0 Å². The highest BCUT2D eigenvalue weighted by molar-refractivity contribution is 5.58. The van der Waals surface area contributed by atoms with Crippen molar-refractivity contribution in [2.24, 2.45) is 13.0 Å². The SMILES string of the molecule is Cn1cnnc1C[C@]1(c2cccc(-n3cc4c(C(F)(F)F)cc(CNC5(C)CCC5)cn4c3=O)c2)C[C@H](C#N)C1. The molecule has 3 aromatic heterocycles. The average molecular weight is 550 g/mol. The van der Waals surface area contributed by atoms with E-state index in [1.807, 2.05) is 23.7 Å². The third kappa shape index (κ3) is 4.50. The number of nitrogens with zero attached hydrogens (tertiary/aromatic N) is 6. The van der Waals surface area contributed by atoms with Crippen LogP contribution in [0.2, 0.25) is 0 Å².